The second-order valence-corrected chi connectivity index (χ2v) is 4.23. The molecule has 0 aromatic carbocycles. The fourth-order valence-corrected chi connectivity index (χ4v) is 1.24. The normalized spacial score (nSPS) is 10.6. The van der Waals surface area contributed by atoms with Crippen LogP contribution in [0.1, 0.15) is 24.2 Å². The van der Waals surface area contributed by atoms with Gasteiger partial charge in [-0.3, -0.25) is 0 Å². The Morgan fingerprint density at radius 3 is 2.83 bits per heavy atom. The molecule has 1 heterocycles. The van der Waals surface area contributed by atoms with Crippen LogP contribution in [0.4, 0.5) is 5.69 Å². The molecule has 0 amide bonds. The second-order valence-electron chi connectivity index (χ2n) is 4.23. The van der Waals surface area contributed by atoms with Crippen LogP contribution in [0.5, 0.6) is 5.88 Å². The predicted molar refractivity (Wildman–Crippen MR) is 66.8 cm³/mol. The highest BCUT2D eigenvalue weighted by atomic mass is 16.5. The molecule has 1 aromatic heterocycles. The van der Waals surface area contributed by atoms with E-state index in [0.29, 0.717) is 25.7 Å². The minimum Gasteiger partial charge on any atom is -0.478 e. The number of pyridine rings is 1. The van der Waals surface area contributed by atoms with E-state index in [1.807, 2.05) is 0 Å². The highest BCUT2D eigenvalue weighted by Gasteiger charge is 2.10. The monoisotopic (exact) mass is 254 g/mol. The summed E-state index contributed by atoms with van der Waals surface area (Å²) in [5, 5.41) is 8.87. The Hall–Kier alpha value is -1.82. The molecule has 0 unspecified atom stereocenters. The summed E-state index contributed by atoms with van der Waals surface area (Å²) < 4.78 is 10.6. The smallest absolute Gasteiger partial charge is 0.338 e. The second kappa shape index (κ2) is 6.80. The largest absolute Gasteiger partial charge is 0.478 e. The summed E-state index contributed by atoms with van der Waals surface area (Å²) in [5.41, 5.74) is 5.58. The van der Waals surface area contributed by atoms with Crippen LogP contribution in [0.25, 0.3) is 0 Å². The fourth-order valence-electron chi connectivity index (χ4n) is 1.24. The Morgan fingerprint density at radius 1 is 1.50 bits per heavy atom. The maximum atomic E-state index is 10.8. The number of aromatic nitrogens is 1. The summed E-state index contributed by atoms with van der Waals surface area (Å²) in [4.78, 5) is 14.7. The van der Waals surface area contributed by atoms with Gasteiger partial charge in [0.05, 0.1) is 24.1 Å². The molecule has 0 spiro atoms. The standard InChI is InChI=1S/C12H18N2O4/c1-8(2)7-17-3-4-18-11-5-9(12(15)16)10(13)6-14-11/h5-6,8H,3-4,7,13H2,1-2H3,(H,15,16). The SMILES string of the molecule is CC(C)COCCOc1cc(C(=O)O)c(N)cn1. The van der Waals surface area contributed by atoms with Gasteiger partial charge in [0.2, 0.25) is 5.88 Å². The molecule has 0 bridgehead atoms. The average Bonchev–Trinajstić information content (AvgIpc) is 2.30. The molecule has 0 aliphatic carbocycles. The maximum absolute atomic E-state index is 10.8. The maximum Gasteiger partial charge on any atom is 0.338 e. The van der Waals surface area contributed by atoms with Crippen LogP contribution in [0.2, 0.25) is 0 Å². The number of carboxylic acids is 1. The number of carboxylic acid groups (broad SMARTS) is 1. The number of ether oxygens (including phenoxy) is 2. The number of hydrogen-bond donors (Lipinski definition) is 2. The van der Waals surface area contributed by atoms with E-state index in [9.17, 15) is 4.79 Å². The third-order valence-electron chi connectivity index (χ3n) is 2.07. The molecule has 6 heteroatoms. The lowest BCUT2D eigenvalue weighted by molar-refractivity contribution is 0.0695. The number of nitrogen functional groups attached to an aromatic ring is 1. The van der Waals surface area contributed by atoms with E-state index in [-0.39, 0.29) is 17.1 Å². The van der Waals surface area contributed by atoms with Crippen LogP contribution in [0.3, 0.4) is 0 Å². The van der Waals surface area contributed by atoms with Crippen molar-refractivity contribution in [1.82, 2.24) is 4.98 Å². The van der Waals surface area contributed by atoms with Gasteiger partial charge in [-0.1, -0.05) is 13.8 Å². The van der Waals surface area contributed by atoms with Gasteiger partial charge < -0.3 is 20.3 Å². The number of carbonyl (C=O) groups is 1. The quantitative estimate of drug-likeness (QED) is 0.714. The summed E-state index contributed by atoms with van der Waals surface area (Å²) in [6.07, 6.45) is 1.27. The highest BCUT2D eigenvalue weighted by molar-refractivity contribution is 5.93. The van der Waals surface area contributed by atoms with Gasteiger partial charge in [-0.05, 0) is 5.92 Å². The molecule has 18 heavy (non-hydrogen) atoms. The van der Waals surface area contributed by atoms with Crippen molar-refractivity contribution < 1.29 is 19.4 Å². The lowest BCUT2D eigenvalue weighted by atomic mass is 10.2. The molecule has 1 aromatic rings. The lowest BCUT2D eigenvalue weighted by Crippen LogP contribution is -2.11. The first-order valence-corrected chi connectivity index (χ1v) is 5.70. The molecule has 0 fully saturated rings. The minimum absolute atomic E-state index is 0.0110. The van der Waals surface area contributed by atoms with Crippen molar-refractivity contribution in [2.75, 3.05) is 25.6 Å². The first-order chi connectivity index (χ1) is 8.50. The zero-order valence-electron chi connectivity index (χ0n) is 10.5. The Labute approximate surface area is 106 Å². The number of nitrogens with two attached hydrogens (primary N) is 1. The number of hydrogen-bond acceptors (Lipinski definition) is 5. The first kappa shape index (κ1) is 14.2. The highest BCUT2D eigenvalue weighted by Crippen LogP contribution is 2.16. The number of anilines is 1. The summed E-state index contributed by atoms with van der Waals surface area (Å²) >= 11 is 0. The van der Waals surface area contributed by atoms with E-state index in [2.05, 4.69) is 18.8 Å². The topological polar surface area (TPSA) is 94.7 Å². The minimum atomic E-state index is -1.10. The number of aromatic carboxylic acids is 1. The van der Waals surface area contributed by atoms with E-state index in [4.69, 9.17) is 20.3 Å². The van der Waals surface area contributed by atoms with Crippen molar-refractivity contribution in [1.29, 1.82) is 0 Å². The molecular weight excluding hydrogens is 236 g/mol. The van der Waals surface area contributed by atoms with Gasteiger partial charge in [0, 0.05) is 12.7 Å². The van der Waals surface area contributed by atoms with Gasteiger partial charge in [-0.2, -0.15) is 0 Å². The van der Waals surface area contributed by atoms with Crippen molar-refractivity contribution in [3.63, 3.8) is 0 Å². The molecule has 0 saturated carbocycles. The van der Waals surface area contributed by atoms with Gasteiger partial charge in [-0.25, -0.2) is 9.78 Å². The van der Waals surface area contributed by atoms with Crippen molar-refractivity contribution in [3.8, 4) is 5.88 Å². The third-order valence-corrected chi connectivity index (χ3v) is 2.07. The van der Waals surface area contributed by atoms with Crippen LogP contribution < -0.4 is 10.5 Å². The molecule has 1 rings (SSSR count). The zero-order chi connectivity index (χ0) is 13.5. The summed E-state index contributed by atoms with van der Waals surface area (Å²) in [5.74, 6) is -0.399. The summed E-state index contributed by atoms with van der Waals surface area (Å²) in [6, 6.07) is 1.31. The molecule has 6 nitrogen and oxygen atoms in total. The van der Waals surface area contributed by atoms with E-state index < -0.39 is 5.97 Å². The molecule has 3 N–H and O–H groups in total. The van der Waals surface area contributed by atoms with Crippen LogP contribution in [-0.4, -0.2) is 35.9 Å². The molecule has 0 radical (unpaired) electrons. The van der Waals surface area contributed by atoms with Gasteiger partial charge in [-0.15, -0.1) is 0 Å². The van der Waals surface area contributed by atoms with Gasteiger partial charge in [0.1, 0.15) is 6.61 Å². The van der Waals surface area contributed by atoms with Gasteiger partial charge in [0.25, 0.3) is 0 Å². The van der Waals surface area contributed by atoms with Crippen LogP contribution in [0, 0.1) is 5.92 Å². The number of nitrogens with zero attached hydrogens (tertiary/aromatic N) is 1. The third kappa shape index (κ3) is 4.58. The Morgan fingerprint density at radius 2 is 2.22 bits per heavy atom. The van der Waals surface area contributed by atoms with E-state index >= 15 is 0 Å². The first-order valence-electron chi connectivity index (χ1n) is 5.70. The van der Waals surface area contributed by atoms with Crippen molar-refractivity contribution >= 4 is 11.7 Å². The van der Waals surface area contributed by atoms with E-state index in [1.165, 1.54) is 12.3 Å². The molecule has 0 aliphatic rings. The molecule has 0 saturated heterocycles. The van der Waals surface area contributed by atoms with Crippen molar-refractivity contribution in [2.45, 2.75) is 13.8 Å². The molecular formula is C12H18N2O4. The average molecular weight is 254 g/mol. The van der Waals surface area contributed by atoms with Crippen LogP contribution in [0.15, 0.2) is 12.3 Å². The summed E-state index contributed by atoms with van der Waals surface area (Å²) in [6.45, 7) is 5.54. The summed E-state index contributed by atoms with van der Waals surface area (Å²) in [7, 11) is 0. The Balaban J connectivity index is 2.43. The predicted octanol–water partition coefficient (Wildman–Crippen LogP) is 1.41. The van der Waals surface area contributed by atoms with E-state index in [0.717, 1.165) is 0 Å². The fraction of sp³-hybridized carbons (Fsp3) is 0.500. The molecule has 0 atom stereocenters. The van der Waals surface area contributed by atoms with Gasteiger partial charge in [0.15, 0.2) is 0 Å². The van der Waals surface area contributed by atoms with Crippen molar-refractivity contribution in [3.05, 3.63) is 17.8 Å². The number of rotatable bonds is 7. The van der Waals surface area contributed by atoms with E-state index in [1.54, 1.807) is 0 Å². The molecule has 100 valence electrons. The van der Waals surface area contributed by atoms with Gasteiger partial charge >= 0.3 is 5.97 Å². The van der Waals surface area contributed by atoms with Crippen molar-refractivity contribution in [2.24, 2.45) is 5.92 Å². The molecule has 0 aliphatic heterocycles. The Bertz CT molecular complexity index is 407. The lowest BCUT2D eigenvalue weighted by Gasteiger charge is -2.09. The van der Waals surface area contributed by atoms with Crippen LogP contribution >= 0.6 is 0 Å². The zero-order valence-corrected chi connectivity index (χ0v) is 10.5. The van der Waals surface area contributed by atoms with Crippen LogP contribution in [-0.2, 0) is 4.74 Å². The Kier molecular flexibility index (Phi) is 5.38.